The van der Waals surface area contributed by atoms with Crippen LogP contribution in [0.3, 0.4) is 0 Å². The first kappa shape index (κ1) is 21.6. The van der Waals surface area contributed by atoms with Gasteiger partial charge in [-0.1, -0.05) is 42.5 Å². The molecular weight excluding hydrogens is 442 g/mol. The van der Waals surface area contributed by atoms with Gasteiger partial charge >= 0.3 is 0 Å². The van der Waals surface area contributed by atoms with Crippen molar-refractivity contribution in [1.29, 1.82) is 0 Å². The van der Waals surface area contributed by atoms with Gasteiger partial charge in [0.1, 0.15) is 0 Å². The molecule has 7 rings (SSSR count). The van der Waals surface area contributed by atoms with Crippen LogP contribution in [0.25, 0.3) is 0 Å². The van der Waals surface area contributed by atoms with Crippen molar-refractivity contribution in [3.05, 3.63) is 126 Å². The van der Waals surface area contributed by atoms with E-state index >= 15 is 0 Å². The fourth-order valence-corrected chi connectivity index (χ4v) is 5.42. The topological polar surface area (TPSA) is 122 Å². The zero-order valence-corrected chi connectivity index (χ0v) is 18.2. The van der Waals surface area contributed by atoms with E-state index in [0.29, 0.717) is 0 Å². The maximum Gasteiger partial charge on any atom is 0.190 e. The van der Waals surface area contributed by atoms with E-state index in [1.807, 2.05) is 24.5 Å². The van der Waals surface area contributed by atoms with Crippen molar-refractivity contribution in [2.45, 2.75) is 23.8 Å². The molecule has 0 fully saturated rings. The zero-order chi connectivity index (χ0) is 23.1. The molecule has 33 heavy (non-hydrogen) atoms. The molecule has 2 bridgehead atoms. The van der Waals surface area contributed by atoms with E-state index in [1.165, 1.54) is 16.8 Å². The molecule has 2 unspecified atom stereocenters. The molecule has 3 aromatic heterocycles. The summed E-state index contributed by atoms with van der Waals surface area (Å²) >= 11 is 0. The van der Waals surface area contributed by atoms with Crippen molar-refractivity contribution in [3.63, 3.8) is 0 Å². The normalized spacial score (nSPS) is 19.6. The van der Waals surface area contributed by atoms with Crippen molar-refractivity contribution >= 4 is 0 Å². The number of fused-ring (bicyclic) bond motifs is 1. The molecule has 1 aliphatic carbocycles. The molecular formula is C25H20ClN3O4. The maximum absolute atomic E-state index is 8.49. The van der Waals surface area contributed by atoms with Crippen molar-refractivity contribution in [2.75, 3.05) is 0 Å². The predicted molar refractivity (Wildman–Crippen MR) is 107 cm³/mol. The number of pyridine rings is 3. The molecule has 0 amide bonds. The second kappa shape index (κ2) is 8.30. The number of halogens is 1. The van der Waals surface area contributed by atoms with E-state index in [-0.39, 0.29) is 17.4 Å². The Morgan fingerprint density at radius 3 is 1.85 bits per heavy atom. The van der Waals surface area contributed by atoms with Gasteiger partial charge in [-0.2, -0.15) is 4.57 Å². The Bertz CT molecular complexity index is 1170. The van der Waals surface area contributed by atoms with Gasteiger partial charge in [0.25, 0.3) is 0 Å². The second-order valence-corrected chi connectivity index (χ2v) is 8.85. The van der Waals surface area contributed by atoms with E-state index in [1.54, 1.807) is 0 Å². The first-order chi connectivity index (χ1) is 15.9. The molecule has 4 aromatic rings. The Morgan fingerprint density at radius 2 is 1.27 bits per heavy atom. The highest BCUT2D eigenvalue weighted by atomic mass is 35.7. The Hall–Kier alpha value is -3.20. The monoisotopic (exact) mass is 461 g/mol. The van der Waals surface area contributed by atoms with Gasteiger partial charge in [-0.15, -0.1) is 10.2 Å². The van der Waals surface area contributed by atoms with E-state index < -0.39 is 10.2 Å². The van der Waals surface area contributed by atoms with E-state index in [2.05, 4.69) is 77.5 Å². The lowest BCUT2D eigenvalue weighted by Crippen LogP contribution is -2.68. The van der Waals surface area contributed by atoms with Crippen LogP contribution in [0, 0.1) is 10.2 Å². The number of hydrogen-bond acceptors (Lipinski definition) is 6. The molecule has 0 saturated heterocycles. The molecule has 0 saturated carbocycles. The first-order valence-electron chi connectivity index (χ1n) is 10.4. The number of nitrogens with zero attached hydrogens (tertiary/aromatic N) is 3. The molecule has 0 N–H and O–H groups in total. The number of rotatable bonds is 2. The minimum Gasteiger partial charge on any atom is -0.260 e. The van der Waals surface area contributed by atoms with Crippen LogP contribution in [0.15, 0.2) is 97.5 Å². The minimum absolute atomic E-state index is 0.180. The van der Waals surface area contributed by atoms with Crippen LogP contribution in [-0.2, 0) is 5.41 Å². The number of hydrogen-bond donors (Lipinski definition) is 0. The summed E-state index contributed by atoms with van der Waals surface area (Å²) < 4.78 is 36.4. The van der Waals surface area contributed by atoms with Crippen LogP contribution in [0.5, 0.6) is 0 Å². The lowest BCUT2D eigenvalue weighted by molar-refractivity contribution is -2.00. The summed E-state index contributed by atoms with van der Waals surface area (Å²) in [7, 11) is -4.94. The summed E-state index contributed by atoms with van der Waals surface area (Å²) in [5.41, 5.74) is 6.11. The Kier molecular flexibility index (Phi) is 5.44. The highest BCUT2D eigenvalue weighted by Crippen LogP contribution is 2.58. The summed E-state index contributed by atoms with van der Waals surface area (Å²) in [6.07, 6.45) is 7.01. The van der Waals surface area contributed by atoms with Crippen LogP contribution < -0.4 is 23.2 Å². The third-order valence-corrected chi connectivity index (χ3v) is 6.47. The number of aromatic nitrogens is 3. The fourth-order valence-electron chi connectivity index (χ4n) is 5.42. The molecule has 1 aromatic carbocycles. The predicted octanol–water partition coefficient (Wildman–Crippen LogP) is -0.567. The van der Waals surface area contributed by atoms with Crippen LogP contribution in [0.2, 0.25) is 0 Å². The summed E-state index contributed by atoms with van der Waals surface area (Å²) in [6.45, 7) is 0. The third-order valence-electron chi connectivity index (χ3n) is 6.47. The standard InChI is InChI=1S/C25H20N3.ClHO4/c1-2-10-19-18(9-1)21-17-25(22-12-3-6-14-26-22,23-13-4-7-15-27-23)24(19)20-11-5-8-16-28(20)21;2-1(3,4)5/h1-16,21,24H,17H2;(H,2,3,4,5)/q+1;/p-1. The molecule has 0 spiro atoms. The van der Waals surface area contributed by atoms with Gasteiger partial charge in [0.05, 0.1) is 22.7 Å². The lowest BCUT2D eigenvalue weighted by Gasteiger charge is -2.48. The smallest absolute Gasteiger partial charge is 0.190 e. The Labute approximate surface area is 193 Å². The van der Waals surface area contributed by atoms with Gasteiger partial charge in [0, 0.05) is 36.5 Å². The average Bonchev–Trinajstić information content (AvgIpc) is 2.84. The van der Waals surface area contributed by atoms with Crippen LogP contribution in [-0.4, -0.2) is 9.97 Å². The highest BCUT2D eigenvalue weighted by molar-refractivity contribution is 5.52. The third kappa shape index (κ3) is 3.80. The number of benzene rings is 1. The fraction of sp³-hybridized carbons (Fsp3) is 0.160. The maximum atomic E-state index is 8.49. The molecule has 2 atom stereocenters. The Morgan fingerprint density at radius 1 is 0.727 bits per heavy atom. The highest BCUT2D eigenvalue weighted by Gasteiger charge is 2.60. The summed E-state index contributed by atoms with van der Waals surface area (Å²) in [4.78, 5) is 9.73. The van der Waals surface area contributed by atoms with Crippen LogP contribution in [0.4, 0.5) is 0 Å². The van der Waals surface area contributed by atoms with Gasteiger partial charge in [-0.3, -0.25) is 9.97 Å². The quantitative estimate of drug-likeness (QED) is 0.368. The Balaban J connectivity index is 0.000000416. The average molecular weight is 462 g/mol. The van der Waals surface area contributed by atoms with E-state index in [9.17, 15) is 0 Å². The van der Waals surface area contributed by atoms with Crippen molar-refractivity contribution < 1.29 is 33.4 Å². The molecule has 166 valence electrons. The molecule has 8 heteroatoms. The second-order valence-electron chi connectivity index (χ2n) is 8.09. The van der Waals surface area contributed by atoms with Crippen molar-refractivity contribution in [3.8, 4) is 0 Å². The van der Waals surface area contributed by atoms with Gasteiger partial charge < -0.3 is 0 Å². The van der Waals surface area contributed by atoms with Gasteiger partial charge in [-0.05, 0) is 29.8 Å². The van der Waals surface area contributed by atoms with Crippen LogP contribution >= 0.6 is 0 Å². The minimum atomic E-state index is -4.94. The van der Waals surface area contributed by atoms with Crippen molar-refractivity contribution in [1.82, 2.24) is 9.97 Å². The summed E-state index contributed by atoms with van der Waals surface area (Å²) in [5, 5.41) is 0. The molecule has 2 aliphatic heterocycles. The van der Waals surface area contributed by atoms with Crippen molar-refractivity contribution in [2.24, 2.45) is 0 Å². The molecule has 7 nitrogen and oxygen atoms in total. The largest absolute Gasteiger partial charge is 0.260 e. The molecule has 0 radical (unpaired) electrons. The van der Waals surface area contributed by atoms with E-state index in [4.69, 9.17) is 28.6 Å². The van der Waals surface area contributed by atoms with E-state index in [0.717, 1.165) is 17.8 Å². The summed E-state index contributed by atoms with van der Waals surface area (Å²) in [6, 6.07) is 28.3. The van der Waals surface area contributed by atoms with Crippen LogP contribution in [0.1, 0.15) is 46.6 Å². The van der Waals surface area contributed by atoms with Gasteiger partial charge in [0.15, 0.2) is 17.9 Å². The first-order valence-corrected chi connectivity index (χ1v) is 11.7. The molecule has 3 aliphatic rings. The SMILES string of the molecule is [O-][Cl+3]([O-])([O-])[O-].c1ccc(C2(c3ccccn3)CC3c4ccccc4C2c2cccc[n+]23)nc1. The van der Waals surface area contributed by atoms with Gasteiger partial charge in [-0.25, -0.2) is 18.6 Å². The lowest BCUT2D eigenvalue weighted by atomic mass is 9.55. The molecule has 5 heterocycles. The zero-order valence-electron chi connectivity index (χ0n) is 17.5. The summed E-state index contributed by atoms with van der Waals surface area (Å²) in [5.74, 6) is 0.180. The van der Waals surface area contributed by atoms with Gasteiger partial charge in [0.2, 0.25) is 0 Å².